The number of carboxylic acid groups (broad SMARTS) is 1. The molecule has 38 heavy (non-hydrogen) atoms. The molecule has 10 heteroatoms. The summed E-state index contributed by atoms with van der Waals surface area (Å²) in [6, 6.07) is 11.9. The molecule has 0 fully saturated rings. The van der Waals surface area contributed by atoms with Crippen LogP contribution in [0.3, 0.4) is 0 Å². The zero-order valence-electron chi connectivity index (χ0n) is 21.2. The van der Waals surface area contributed by atoms with Gasteiger partial charge in [0.15, 0.2) is 4.80 Å². The van der Waals surface area contributed by atoms with E-state index >= 15 is 0 Å². The van der Waals surface area contributed by atoms with Crippen LogP contribution >= 0.6 is 22.7 Å². The number of esters is 1. The van der Waals surface area contributed by atoms with Gasteiger partial charge in [-0.05, 0) is 81.1 Å². The molecule has 0 radical (unpaired) electrons. The number of carbonyl (C=O) groups excluding carboxylic acids is 1. The van der Waals surface area contributed by atoms with E-state index in [0.717, 1.165) is 27.5 Å². The molecular formula is C28H25N3O5S2. The average Bonchev–Trinajstić information content (AvgIpc) is 3.58. The third-order valence-electron chi connectivity index (χ3n) is 6.46. The summed E-state index contributed by atoms with van der Waals surface area (Å²) in [5.74, 6) is -1.45. The van der Waals surface area contributed by atoms with E-state index in [1.807, 2.05) is 48.1 Å². The lowest BCUT2D eigenvalue weighted by molar-refractivity contribution is -0.139. The van der Waals surface area contributed by atoms with Gasteiger partial charge in [-0.25, -0.2) is 14.6 Å². The van der Waals surface area contributed by atoms with Gasteiger partial charge < -0.3 is 14.4 Å². The van der Waals surface area contributed by atoms with Crippen molar-refractivity contribution < 1.29 is 19.4 Å². The van der Waals surface area contributed by atoms with Crippen molar-refractivity contribution in [3.05, 3.63) is 106 Å². The number of nitrogens with zero attached hydrogens (tertiary/aromatic N) is 3. The maximum Gasteiger partial charge on any atom is 0.338 e. The fraction of sp³-hybridized carbons (Fsp3) is 0.214. The summed E-state index contributed by atoms with van der Waals surface area (Å²) in [5, 5.41) is 11.1. The molecule has 4 heterocycles. The highest BCUT2D eigenvalue weighted by Crippen LogP contribution is 2.33. The maximum absolute atomic E-state index is 13.8. The maximum atomic E-state index is 13.8. The molecular weight excluding hydrogens is 522 g/mol. The highest BCUT2D eigenvalue weighted by molar-refractivity contribution is 7.10. The highest BCUT2D eigenvalue weighted by Gasteiger charge is 2.33. The minimum absolute atomic E-state index is 0.218. The Kier molecular flexibility index (Phi) is 6.77. The molecule has 194 valence electrons. The first-order valence-corrected chi connectivity index (χ1v) is 13.7. The van der Waals surface area contributed by atoms with Crippen LogP contribution in [0.15, 0.2) is 68.9 Å². The first-order valence-electron chi connectivity index (χ1n) is 12.0. The second-order valence-electron chi connectivity index (χ2n) is 8.83. The number of allylic oxidation sites excluding steroid dienone is 1. The monoisotopic (exact) mass is 547 g/mol. The number of aryl methyl sites for hydroxylation is 1. The Morgan fingerprint density at radius 2 is 1.89 bits per heavy atom. The summed E-state index contributed by atoms with van der Waals surface area (Å²) < 4.78 is 9.44. The largest absolute Gasteiger partial charge is 0.478 e. The highest BCUT2D eigenvalue weighted by atomic mass is 32.1. The molecule has 5 rings (SSSR count). The Morgan fingerprint density at radius 3 is 2.53 bits per heavy atom. The van der Waals surface area contributed by atoms with Crippen molar-refractivity contribution in [1.82, 2.24) is 9.13 Å². The zero-order valence-corrected chi connectivity index (χ0v) is 22.9. The van der Waals surface area contributed by atoms with E-state index in [-0.39, 0.29) is 17.7 Å². The Morgan fingerprint density at radius 1 is 1.16 bits per heavy atom. The minimum atomic E-state index is -0.976. The van der Waals surface area contributed by atoms with Crippen molar-refractivity contribution in [3.63, 3.8) is 0 Å². The number of thiophene rings is 1. The van der Waals surface area contributed by atoms with E-state index in [4.69, 9.17) is 4.74 Å². The van der Waals surface area contributed by atoms with Crippen LogP contribution in [0, 0.1) is 13.8 Å². The quantitative estimate of drug-likeness (QED) is 0.368. The first-order chi connectivity index (χ1) is 18.2. The van der Waals surface area contributed by atoms with Crippen molar-refractivity contribution in [3.8, 4) is 5.69 Å². The van der Waals surface area contributed by atoms with Crippen molar-refractivity contribution in [2.24, 2.45) is 4.99 Å². The molecule has 4 aromatic rings. The summed E-state index contributed by atoms with van der Waals surface area (Å²) in [6.45, 7) is 7.67. The summed E-state index contributed by atoms with van der Waals surface area (Å²) in [5.41, 5.74) is 4.46. The van der Waals surface area contributed by atoms with Crippen LogP contribution in [0.2, 0.25) is 0 Å². The number of rotatable bonds is 6. The molecule has 1 aliphatic heterocycles. The second kappa shape index (κ2) is 10.0. The molecule has 0 spiro atoms. The number of aromatic nitrogens is 2. The molecule has 1 aromatic carbocycles. The molecule has 1 aliphatic rings. The van der Waals surface area contributed by atoms with Crippen LogP contribution in [0.1, 0.15) is 52.1 Å². The average molecular weight is 548 g/mol. The number of fused-ring (bicyclic) bond motifs is 1. The van der Waals surface area contributed by atoms with Crippen molar-refractivity contribution >= 4 is 40.7 Å². The molecule has 0 amide bonds. The van der Waals surface area contributed by atoms with Crippen LogP contribution < -0.4 is 14.9 Å². The second-order valence-corrected chi connectivity index (χ2v) is 10.8. The number of ether oxygens (including phenoxy) is 1. The zero-order chi connectivity index (χ0) is 27.1. The molecule has 0 saturated carbocycles. The van der Waals surface area contributed by atoms with Crippen LogP contribution in [0.25, 0.3) is 11.8 Å². The van der Waals surface area contributed by atoms with Gasteiger partial charge >= 0.3 is 11.9 Å². The number of thiazole rings is 1. The van der Waals surface area contributed by atoms with Crippen molar-refractivity contribution in [1.29, 1.82) is 0 Å². The number of hydrogen-bond donors (Lipinski definition) is 1. The minimum Gasteiger partial charge on any atom is -0.478 e. The third kappa shape index (κ3) is 4.35. The smallest absolute Gasteiger partial charge is 0.338 e. The summed E-state index contributed by atoms with van der Waals surface area (Å²) >= 11 is 2.76. The van der Waals surface area contributed by atoms with Gasteiger partial charge in [-0.3, -0.25) is 9.36 Å². The van der Waals surface area contributed by atoms with Crippen LogP contribution in [0.5, 0.6) is 0 Å². The summed E-state index contributed by atoms with van der Waals surface area (Å²) in [7, 11) is 0. The topological polar surface area (TPSA) is 103 Å². The molecule has 8 nitrogen and oxygen atoms in total. The van der Waals surface area contributed by atoms with Gasteiger partial charge in [0.05, 0.1) is 28.0 Å². The summed E-state index contributed by atoms with van der Waals surface area (Å²) in [4.78, 5) is 43.9. The molecule has 0 unspecified atom stereocenters. The van der Waals surface area contributed by atoms with Gasteiger partial charge in [0.25, 0.3) is 5.56 Å². The number of hydrogen-bond acceptors (Lipinski definition) is 7. The first kappa shape index (κ1) is 25.6. The van der Waals surface area contributed by atoms with E-state index in [2.05, 4.69) is 4.99 Å². The van der Waals surface area contributed by atoms with Gasteiger partial charge in [0.1, 0.15) is 6.04 Å². The van der Waals surface area contributed by atoms with Gasteiger partial charge in [-0.15, -0.1) is 11.3 Å². The fourth-order valence-corrected chi connectivity index (χ4v) is 6.59. The predicted molar refractivity (Wildman–Crippen MR) is 147 cm³/mol. The number of carbonyl (C=O) groups is 2. The van der Waals surface area contributed by atoms with Gasteiger partial charge in [0.2, 0.25) is 0 Å². The summed E-state index contributed by atoms with van der Waals surface area (Å²) in [6.07, 6.45) is 1.85. The lowest BCUT2D eigenvalue weighted by Gasteiger charge is -2.23. The molecule has 0 bridgehead atoms. The number of aromatic carboxylic acids is 1. The van der Waals surface area contributed by atoms with E-state index in [9.17, 15) is 19.5 Å². The lowest BCUT2D eigenvalue weighted by Crippen LogP contribution is -2.39. The van der Waals surface area contributed by atoms with E-state index in [1.165, 1.54) is 22.7 Å². The Labute approximate surface area is 226 Å². The van der Waals surface area contributed by atoms with Crippen LogP contribution in [0.4, 0.5) is 0 Å². The van der Waals surface area contributed by atoms with Gasteiger partial charge in [-0.2, -0.15) is 0 Å². The molecule has 3 aromatic heterocycles. The Hall–Kier alpha value is -4.02. The lowest BCUT2D eigenvalue weighted by atomic mass is 10.0. The Balaban J connectivity index is 1.64. The van der Waals surface area contributed by atoms with Crippen molar-refractivity contribution in [2.75, 3.05) is 6.61 Å². The fourth-order valence-electron chi connectivity index (χ4n) is 4.73. The molecule has 0 saturated heterocycles. The SMILES string of the molecule is CCOC(=O)C1=C(C)N=c2s/c(=C/c3cc(C)n(-c4ccc(C(=O)O)cc4)c3C)c(=O)n2[C@@H]1c1cccs1. The number of benzene rings is 1. The van der Waals surface area contributed by atoms with Gasteiger partial charge in [-0.1, -0.05) is 17.4 Å². The van der Waals surface area contributed by atoms with E-state index in [0.29, 0.717) is 20.6 Å². The third-order valence-corrected chi connectivity index (χ3v) is 8.37. The van der Waals surface area contributed by atoms with Crippen LogP contribution in [-0.2, 0) is 9.53 Å². The molecule has 1 N–H and O–H groups in total. The molecule has 1 atom stereocenters. The van der Waals surface area contributed by atoms with Gasteiger partial charge in [0, 0.05) is 22.0 Å². The Bertz CT molecular complexity index is 1770. The van der Waals surface area contributed by atoms with Crippen molar-refractivity contribution in [2.45, 2.75) is 33.7 Å². The molecule has 0 aliphatic carbocycles. The normalized spacial score (nSPS) is 15.4. The predicted octanol–water partition coefficient (Wildman–Crippen LogP) is 3.97. The van der Waals surface area contributed by atoms with Crippen LogP contribution in [-0.4, -0.2) is 32.8 Å². The standard InChI is InChI=1S/C28H25N3O5S2/c1-5-36-27(35)23-16(3)29-28-31(24(23)21-7-6-12-37-21)25(32)22(38-28)14-19-13-15(2)30(17(19)4)20-10-8-18(9-11-20)26(33)34/h6-14,24H,5H2,1-4H3,(H,33,34)/b22-14+/t24-/m1/s1. The van der Waals surface area contributed by atoms with E-state index in [1.54, 1.807) is 42.7 Å². The number of carboxylic acids is 1. The van der Waals surface area contributed by atoms with E-state index < -0.39 is 18.0 Å².